The highest BCUT2D eigenvalue weighted by molar-refractivity contribution is 7.84. The van der Waals surface area contributed by atoms with Crippen molar-refractivity contribution in [3.63, 3.8) is 0 Å². The quantitative estimate of drug-likeness (QED) is 0.741. The first kappa shape index (κ1) is 10.1. The van der Waals surface area contributed by atoms with E-state index in [0.29, 0.717) is 16.5 Å². The van der Waals surface area contributed by atoms with Crippen LogP contribution in [0.5, 0.6) is 0 Å². The van der Waals surface area contributed by atoms with Gasteiger partial charge in [-0.25, -0.2) is 0 Å². The first-order chi connectivity index (χ1) is 6.75. The number of benzene rings is 1. The van der Waals surface area contributed by atoms with Crippen LogP contribution in [0.3, 0.4) is 0 Å². The van der Waals surface area contributed by atoms with E-state index >= 15 is 0 Å². The molecule has 2 atom stereocenters. The normalized spacial score (nSPS) is 21.9. The summed E-state index contributed by atoms with van der Waals surface area (Å²) in [6.45, 7) is 0.758. The van der Waals surface area contributed by atoms with Crippen molar-refractivity contribution in [3.05, 3.63) is 34.9 Å². The third-order valence-electron chi connectivity index (χ3n) is 2.05. The van der Waals surface area contributed by atoms with Crippen molar-refractivity contribution >= 4 is 22.4 Å². The Morgan fingerprint density at radius 3 is 2.86 bits per heavy atom. The second kappa shape index (κ2) is 4.43. The highest BCUT2D eigenvalue weighted by atomic mass is 35.5. The Morgan fingerprint density at radius 2 is 2.21 bits per heavy atom. The molecule has 2 nitrogen and oxygen atoms in total. The lowest BCUT2D eigenvalue weighted by Crippen LogP contribution is -2.06. The molecule has 0 amide bonds. The summed E-state index contributed by atoms with van der Waals surface area (Å²) in [5.74, 6) is 1.16. The van der Waals surface area contributed by atoms with Gasteiger partial charge in [0.2, 0.25) is 0 Å². The Labute approximate surface area is 90.7 Å². The molecule has 1 saturated heterocycles. The predicted molar refractivity (Wildman–Crippen MR) is 57.9 cm³/mol. The van der Waals surface area contributed by atoms with Crippen molar-refractivity contribution < 1.29 is 8.95 Å². The zero-order valence-electron chi connectivity index (χ0n) is 7.61. The molecule has 1 aliphatic heterocycles. The summed E-state index contributed by atoms with van der Waals surface area (Å²) in [6, 6.07) is 7.51. The first-order valence-electron chi connectivity index (χ1n) is 4.45. The molecule has 0 bridgehead atoms. The first-order valence-corrected chi connectivity index (χ1v) is 6.32. The fourth-order valence-corrected chi connectivity index (χ4v) is 2.82. The van der Waals surface area contributed by atoms with Gasteiger partial charge in [-0.2, -0.15) is 0 Å². The van der Waals surface area contributed by atoms with Gasteiger partial charge in [0.05, 0.1) is 24.2 Å². The molecule has 14 heavy (non-hydrogen) atoms. The average molecular weight is 231 g/mol. The fraction of sp³-hybridized carbons (Fsp3) is 0.400. The van der Waals surface area contributed by atoms with Crippen LogP contribution < -0.4 is 0 Å². The lowest BCUT2D eigenvalue weighted by Gasteiger charge is -2.02. The summed E-state index contributed by atoms with van der Waals surface area (Å²) >= 11 is 5.95. The summed E-state index contributed by atoms with van der Waals surface area (Å²) in [4.78, 5) is 0. The molecular weight excluding hydrogens is 220 g/mol. The van der Waals surface area contributed by atoms with Crippen LogP contribution in [0, 0.1) is 0 Å². The third kappa shape index (κ3) is 2.80. The van der Waals surface area contributed by atoms with Crippen molar-refractivity contribution in [3.8, 4) is 0 Å². The number of ether oxygens (including phenoxy) is 1. The van der Waals surface area contributed by atoms with Crippen molar-refractivity contribution in [2.45, 2.75) is 11.9 Å². The van der Waals surface area contributed by atoms with Gasteiger partial charge in [0.15, 0.2) is 0 Å². The van der Waals surface area contributed by atoms with Crippen molar-refractivity contribution in [1.29, 1.82) is 0 Å². The van der Waals surface area contributed by atoms with E-state index in [2.05, 4.69) is 0 Å². The second-order valence-corrected chi connectivity index (χ2v) is 5.21. The predicted octanol–water partition coefficient (Wildman–Crippen LogP) is 1.99. The maximum absolute atomic E-state index is 11.6. The molecular formula is C10H11ClO2S. The summed E-state index contributed by atoms with van der Waals surface area (Å²) in [6.07, 6.45) is 0.221. The Balaban J connectivity index is 1.95. The van der Waals surface area contributed by atoms with Gasteiger partial charge in [0.1, 0.15) is 0 Å². The maximum Gasteiger partial charge on any atom is 0.0924 e. The zero-order valence-corrected chi connectivity index (χ0v) is 9.18. The van der Waals surface area contributed by atoms with E-state index in [-0.39, 0.29) is 6.10 Å². The Hall–Kier alpha value is -0.380. The van der Waals surface area contributed by atoms with E-state index in [1.165, 1.54) is 0 Å². The molecule has 0 saturated carbocycles. The Morgan fingerprint density at radius 1 is 1.50 bits per heavy atom. The summed E-state index contributed by atoms with van der Waals surface area (Å²) < 4.78 is 16.6. The third-order valence-corrected chi connectivity index (χ3v) is 3.79. The molecule has 0 N–H and O–H groups in total. The lowest BCUT2D eigenvalue weighted by atomic mass is 10.2. The molecule has 0 aliphatic carbocycles. The van der Waals surface area contributed by atoms with Crippen LogP contribution in [0.1, 0.15) is 5.56 Å². The van der Waals surface area contributed by atoms with Gasteiger partial charge in [-0.1, -0.05) is 29.8 Å². The number of hydrogen-bond donors (Lipinski definition) is 0. The van der Waals surface area contributed by atoms with Crippen LogP contribution in [0.15, 0.2) is 24.3 Å². The van der Waals surface area contributed by atoms with Gasteiger partial charge in [-0.15, -0.1) is 0 Å². The van der Waals surface area contributed by atoms with Crippen LogP contribution in [-0.4, -0.2) is 22.7 Å². The molecule has 1 aromatic rings. The Bertz CT molecular complexity index is 350. The molecule has 0 radical (unpaired) electrons. The second-order valence-electron chi connectivity index (χ2n) is 3.30. The van der Waals surface area contributed by atoms with Crippen molar-refractivity contribution in [2.75, 3.05) is 12.4 Å². The number of halogens is 1. The van der Waals surface area contributed by atoms with E-state index in [0.717, 1.165) is 12.2 Å². The van der Waals surface area contributed by atoms with Crippen LogP contribution in [-0.2, 0) is 21.3 Å². The van der Waals surface area contributed by atoms with E-state index in [1.54, 1.807) is 0 Å². The molecule has 76 valence electrons. The van der Waals surface area contributed by atoms with Crippen LogP contribution in [0.4, 0.5) is 0 Å². The highest BCUT2D eigenvalue weighted by Crippen LogP contribution is 2.18. The van der Waals surface area contributed by atoms with Crippen molar-refractivity contribution in [2.24, 2.45) is 0 Å². The van der Waals surface area contributed by atoms with Crippen LogP contribution in [0.25, 0.3) is 0 Å². The van der Waals surface area contributed by atoms with E-state index < -0.39 is 10.8 Å². The minimum atomic E-state index is -0.858. The van der Waals surface area contributed by atoms with Gasteiger partial charge in [-0.3, -0.25) is 4.21 Å². The van der Waals surface area contributed by atoms with Gasteiger partial charge >= 0.3 is 0 Å². The molecule has 1 aromatic carbocycles. The molecule has 2 unspecified atom stereocenters. The van der Waals surface area contributed by atoms with Gasteiger partial charge in [0.25, 0.3) is 0 Å². The van der Waals surface area contributed by atoms with Crippen LogP contribution >= 0.6 is 11.6 Å². The van der Waals surface area contributed by atoms with Crippen LogP contribution in [0.2, 0.25) is 5.02 Å². The lowest BCUT2D eigenvalue weighted by molar-refractivity contribution is 0.424. The molecule has 2 rings (SSSR count). The van der Waals surface area contributed by atoms with E-state index in [9.17, 15) is 4.21 Å². The Kier molecular flexibility index (Phi) is 3.21. The van der Waals surface area contributed by atoms with E-state index in [4.69, 9.17) is 16.3 Å². The molecule has 4 heteroatoms. The summed E-state index contributed by atoms with van der Waals surface area (Å²) in [5, 5.41) is 0.692. The monoisotopic (exact) mass is 230 g/mol. The average Bonchev–Trinajstić information content (AvgIpc) is 2.93. The number of hydrogen-bond acceptors (Lipinski definition) is 2. The SMILES string of the molecule is O=S(Cc1ccccc1Cl)CC1CO1. The highest BCUT2D eigenvalue weighted by Gasteiger charge is 2.25. The molecule has 1 heterocycles. The van der Waals surface area contributed by atoms with Gasteiger partial charge in [0, 0.05) is 15.8 Å². The minimum absolute atomic E-state index is 0.221. The topological polar surface area (TPSA) is 29.6 Å². The van der Waals surface area contributed by atoms with Crippen molar-refractivity contribution in [1.82, 2.24) is 0 Å². The van der Waals surface area contributed by atoms with Gasteiger partial charge < -0.3 is 4.74 Å². The zero-order chi connectivity index (χ0) is 9.97. The molecule has 0 aromatic heterocycles. The van der Waals surface area contributed by atoms with Gasteiger partial charge in [-0.05, 0) is 11.6 Å². The minimum Gasteiger partial charge on any atom is -0.372 e. The fourth-order valence-electron chi connectivity index (χ4n) is 1.22. The maximum atomic E-state index is 11.6. The number of epoxide rings is 1. The number of rotatable bonds is 4. The molecule has 1 aliphatic rings. The summed E-state index contributed by atoms with van der Waals surface area (Å²) in [7, 11) is -0.858. The molecule has 1 fully saturated rings. The molecule has 0 spiro atoms. The summed E-state index contributed by atoms with van der Waals surface area (Å²) in [5.41, 5.74) is 0.952. The smallest absolute Gasteiger partial charge is 0.0924 e. The standard InChI is InChI=1S/C10H11ClO2S/c11-10-4-2-1-3-8(10)6-14(12)7-9-5-13-9/h1-4,9H,5-7H2. The van der Waals surface area contributed by atoms with E-state index in [1.807, 2.05) is 24.3 Å². The largest absolute Gasteiger partial charge is 0.372 e.